The number of likely N-dealkylation sites (N-methyl/N-ethyl adjacent to an activating group) is 1. The molecule has 0 bridgehead atoms. The van der Waals surface area contributed by atoms with Crippen molar-refractivity contribution in [1.29, 1.82) is 0 Å². The molecule has 3 aromatic rings. The normalized spacial score (nSPS) is 18.6. The lowest BCUT2D eigenvalue weighted by Gasteiger charge is -2.32. The quantitative estimate of drug-likeness (QED) is 0.618. The Hall–Kier alpha value is -3.54. The molecule has 0 radical (unpaired) electrons. The van der Waals surface area contributed by atoms with Gasteiger partial charge >= 0.3 is 11.9 Å². The van der Waals surface area contributed by atoms with Crippen LogP contribution in [0.15, 0.2) is 65.9 Å². The van der Waals surface area contributed by atoms with E-state index in [2.05, 4.69) is 11.1 Å². The third-order valence-corrected chi connectivity index (χ3v) is 6.20. The lowest BCUT2D eigenvalue weighted by atomic mass is 9.83. The van der Waals surface area contributed by atoms with Crippen LogP contribution in [0.5, 0.6) is 0 Å². The summed E-state index contributed by atoms with van der Waals surface area (Å²) in [7, 11) is 2.70. The number of esters is 2. The monoisotopic (exact) mass is 432 g/mol. The zero-order chi connectivity index (χ0) is 22.7. The van der Waals surface area contributed by atoms with E-state index >= 15 is 0 Å². The fourth-order valence-electron chi connectivity index (χ4n) is 4.68. The van der Waals surface area contributed by atoms with E-state index in [-0.39, 0.29) is 5.70 Å². The van der Waals surface area contributed by atoms with Crippen molar-refractivity contribution in [3.8, 4) is 0 Å². The molecule has 1 aromatic heterocycles. The van der Waals surface area contributed by atoms with Crippen LogP contribution < -0.4 is 0 Å². The highest BCUT2D eigenvalue weighted by atomic mass is 16.5. The summed E-state index contributed by atoms with van der Waals surface area (Å²) in [6, 6.07) is 18.1. The minimum absolute atomic E-state index is 0.284. The molecule has 0 amide bonds. The van der Waals surface area contributed by atoms with Crippen LogP contribution in [0.4, 0.5) is 0 Å². The van der Waals surface area contributed by atoms with Gasteiger partial charge in [0.1, 0.15) is 5.70 Å². The Morgan fingerprint density at radius 2 is 1.69 bits per heavy atom. The van der Waals surface area contributed by atoms with Gasteiger partial charge in [-0.25, -0.2) is 9.59 Å². The van der Waals surface area contributed by atoms with Crippen LogP contribution in [0.25, 0.3) is 10.9 Å². The van der Waals surface area contributed by atoms with Crippen molar-refractivity contribution in [2.24, 2.45) is 0 Å². The average Bonchev–Trinajstić information content (AvgIpc) is 3.19. The van der Waals surface area contributed by atoms with E-state index in [4.69, 9.17) is 9.47 Å². The van der Waals surface area contributed by atoms with Crippen molar-refractivity contribution < 1.29 is 19.1 Å². The fourth-order valence-corrected chi connectivity index (χ4v) is 4.68. The van der Waals surface area contributed by atoms with Gasteiger partial charge < -0.3 is 19.4 Å². The maximum absolute atomic E-state index is 13.2. The fraction of sp³-hybridized carbons (Fsp3) is 0.308. The predicted molar refractivity (Wildman–Crippen MR) is 123 cm³/mol. The molecule has 166 valence electrons. The second kappa shape index (κ2) is 9.30. The number of rotatable bonds is 5. The van der Waals surface area contributed by atoms with Gasteiger partial charge in [-0.05, 0) is 37.0 Å². The molecule has 0 aliphatic carbocycles. The molecule has 1 aliphatic heterocycles. The number of hydrogen-bond donors (Lipinski definition) is 1. The first-order valence-electron chi connectivity index (χ1n) is 10.9. The number of methoxy groups -OCH3 is 2. The van der Waals surface area contributed by atoms with E-state index in [1.165, 1.54) is 19.8 Å². The lowest BCUT2D eigenvalue weighted by Crippen LogP contribution is -2.36. The Balaban J connectivity index is 2.03. The summed E-state index contributed by atoms with van der Waals surface area (Å²) in [4.78, 5) is 31.7. The van der Waals surface area contributed by atoms with E-state index in [1.54, 1.807) is 0 Å². The highest BCUT2D eigenvalue weighted by Crippen LogP contribution is 2.39. The molecule has 32 heavy (non-hydrogen) atoms. The first kappa shape index (κ1) is 21.7. The van der Waals surface area contributed by atoms with Gasteiger partial charge in [-0.15, -0.1) is 0 Å². The van der Waals surface area contributed by atoms with Crippen molar-refractivity contribution in [3.63, 3.8) is 0 Å². The van der Waals surface area contributed by atoms with E-state index in [1.807, 2.05) is 60.4 Å². The number of ether oxygens (including phenoxy) is 2. The lowest BCUT2D eigenvalue weighted by molar-refractivity contribution is -0.141. The molecule has 1 unspecified atom stereocenters. The highest BCUT2D eigenvalue weighted by molar-refractivity contribution is 6.01. The Bertz CT molecular complexity index is 1160. The number of aromatic amines is 1. The Morgan fingerprint density at radius 3 is 2.38 bits per heavy atom. The summed E-state index contributed by atoms with van der Waals surface area (Å²) in [6.45, 7) is 3.14. The van der Waals surface area contributed by atoms with Gasteiger partial charge in [0.15, 0.2) is 0 Å². The molecule has 2 heterocycles. The predicted octanol–water partition coefficient (Wildman–Crippen LogP) is 3.97. The number of carbonyl (C=O) groups is 2. The van der Waals surface area contributed by atoms with Gasteiger partial charge in [0.25, 0.3) is 0 Å². The number of fused-ring (bicyclic) bond motifs is 3. The molecule has 1 N–H and O–H groups in total. The molecule has 0 saturated heterocycles. The van der Waals surface area contributed by atoms with Crippen LogP contribution in [0.2, 0.25) is 0 Å². The number of hydrogen-bond acceptors (Lipinski definition) is 5. The molecule has 1 aliphatic rings. The van der Waals surface area contributed by atoms with E-state index < -0.39 is 17.9 Å². The summed E-state index contributed by atoms with van der Waals surface area (Å²) in [5.41, 5.74) is 4.82. The summed E-state index contributed by atoms with van der Waals surface area (Å²) in [5, 5.41) is 1.14. The van der Waals surface area contributed by atoms with Crippen molar-refractivity contribution in [3.05, 3.63) is 82.7 Å². The molecule has 0 fully saturated rings. The van der Waals surface area contributed by atoms with Gasteiger partial charge in [-0.2, -0.15) is 0 Å². The van der Waals surface area contributed by atoms with Gasteiger partial charge in [-0.3, -0.25) is 0 Å². The number of aromatic nitrogens is 1. The molecule has 0 spiro atoms. The van der Waals surface area contributed by atoms with Crippen LogP contribution in [-0.4, -0.2) is 49.1 Å². The Labute approximate surface area is 187 Å². The molecule has 6 nitrogen and oxygen atoms in total. The average molecular weight is 433 g/mol. The van der Waals surface area contributed by atoms with Gasteiger partial charge in [-0.1, -0.05) is 48.5 Å². The Kier molecular flexibility index (Phi) is 6.30. The molecular formula is C26H28N2O4. The number of nitrogens with zero attached hydrogens (tertiary/aromatic N) is 1. The third-order valence-electron chi connectivity index (χ3n) is 6.20. The zero-order valence-electron chi connectivity index (χ0n) is 18.7. The maximum Gasteiger partial charge on any atom is 0.354 e. The largest absolute Gasteiger partial charge is 0.466 e. The number of nitrogens with one attached hydrogen (secondary N) is 1. The summed E-state index contributed by atoms with van der Waals surface area (Å²) < 4.78 is 10.3. The van der Waals surface area contributed by atoms with Crippen LogP contribution in [0, 0.1) is 0 Å². The number of H-pyrrole nitrogens is 1. The molecule has 6 heteroatoms. The van der Waals surface area contributed by atoms with Crippen molar-refractivity contribution in [2.75, 3.05) is 27.3 Å². The van der Waals surface area contributed by atoms with Gasteiger partial charge in [0.05, 0.1) is 19.8 Å². The maximum atomic E-state index is 13.2. The van der Waals surface area contributed by atoms with Crippen LogP contribution in [0.3, 0.4) is 0 Å². The molecule has 4 rings (SSSR count). The van der Waals surface area contributed by atoms with Crippen LogP contribution in [0.1, 0.15) is 29.7 Å². The second-order valence-corrected chi connectivity index (χ2v) is 7.88. The number of para-hydroxylation sites is 1. The summed E-state index contributed by atoms with van der Waals surface area (Å²) in [5.74, 6) is -1.43. The third kappa shape index (κ3) is 3.88. The summed E-state index contributed by atoms with van der Waals surface area (Å²) in [6.07, 6.45) is 1.29. The molecular weight excluding hydrogens is 404 g/mol. The Morgan fingerprint density at radius 1 is 1.00 bits per heavy atom. The first-order chi connectivity index (χ1) is 15.6. The van der Waals surface area contributed by atoms with Crippen molar-refractivity contribution in [2.45, 2.75) is 25.7 Å². The van der Waals surface area contributed by atoms with E-state index in [9.17, 15) is 9.59 Å². The summed E-state index contributed by atoms with van der Waals surface area (Å²) >= 11 is 0. The minimum atomic E-state index is -0.523. The van der Waals surface area contributed by atoms with Crippen molar-refractivity contribution in [1.82, 2.24) is 9.88 Å². The van der Waals surface area contributed by atoms with Crippen LogP contribution >= 0.6 is 0 Å². The molecule has 1 atom stereocenters. The molecule has 2 aromatic carbocycles. The topological polar surface area (TPSA) is 71.6 Å². The second-order valence-electron chi connectivity index (χ2n) is 7.88. The van der Waals surface area contributed by atoms with Crippen LogP contribution in [-0.2, 0) is 31.9 Å². The SMILES string of the molecule is CCN1CCc2c([nH]c3ccccc23)C(Cc2ccccc2)/C(C(=O)OC)=C\1C(=O)OC. The van der Waals surface area contributed by atoms with Crippen molar-refractivity contribution >= 4 is 22.8 Å². The van der Waals surface area contributed by atoms with E-state index in [0.717, 1.165) is 28.6 Å². The smallest absolute Gasteiger partial charge is 0.354 e. The molecule has 0 saturated carbocycles. The highest BCUT2D eigenvalue weighted by Gasteiger charge is 2.37. The van der Waals surface area contributed by atoms with E-state index in [0.29, 0.717) is 25.1 Å². The minimum Gasteiger partial charge on any atom is -0.466 e. The van der Waals surface area contributed by atoms with Gasteiger partial charge in [0.2, 0.25) is 0 Å². The van der Waals surface area contributed by atoms with Gasteiger partial charge in [0, 0.05) is 35.6 Å². The number of carbonyl (C=O) groups excluding carboxylic acids is 2. The standard InChI is InChI=1S/C26H28N2O4/c1-4-28-15-14-19-18-12-8-9-13-21(18)27-23(19)20(16-17-10-6-5-7-11-17)22(25(29)31-2)24(28)26(30)32-3/h5-13,20,27H,4,14-16H2,1-3H3/b24-22+. The first-order valence-corrected chi connectivity index (χ1v) is 10.9. The zero-order valence-corrected chi connectivity index (χ0v) is 18.7. The number of benzene rings is 2.